The topological polar surface area (TPSA) is 35.5 Å². The lowest BCUT2D eigenvalue weighted by atomic mass is 10.2. The minimum atomic E-state index is 0.322. The third-order valence-electron chi connectivity index (χ3n) is 2.72. The summed E-state index contributed by atoms with van der Waals surface area (Å²) < 4.78 is 11.7. The average molecular weight is 356 g/mol. The molecule has 0 radical (unpaired) electrons. The zero-order valence-corrected chi connectivity index (χ0v) is 13.1. The molecule has 20 heavy (non-hydrogen) atoms. The van der Waals surface area contributed by atoms with Gasteiger partial charge in [0.05, 0.1) is 11.6 Å². The summed E-state index contributed by atoms with van der Waals surface area (Å²) in [5, 5.41) is 0.625. The molecule has 0 saturated carbocycles. The molecule has 0 spiro atoms. The molecule has 0 amide bonds. The van der Waals surface area contributed by atoms with Crippen LogP contribution < -0.4 is 9.47 Å². The molecular weight excluding hydrogens is 344 g/mol. The SMILES string of the molecule is COc1ccc(Cl)cc1COc1ccc(C=O)cc1Br. The normalized spacial score (nSPS) is 10.2. The van der Waals surface area contributed by atoms with Gasteiger partial charge in [-0.25, -0.2) is 0 Å². The van der Waals surface area contributed by atoms with Crippen LogP contribution in [-0.2, 0) is 6.61 Å². The average Bonchev–Trinajstić information content (AvgIpc) is 2.46. The summed E-state index contributed by atoms with van der Waals surface area (Å²) in [5.41, 5.74) is 1.44. The van der Waals surface area contributed by atoms with Gasteiger partial charge < -0.3 is 9.47 Å². The Kier molecular flexibility index (Phi) is 5.04. The second-order valence-corrected chi connectivity index (χ2v) is 5.34. The molecule has 0 bridgehead atoms. The molecule has 0 N–H and O–H groups in total. The molecule has 0 atom stereocenters. The molecular formula is C15H12BrClO3. The van der Waals surface area contributed by atoms with E-state index in [2.05, 4.69) is 15.9 Å². The Labute approximate surface area is 130 Å². The van der Waals surface area contributed by atoms with Crippen LogP contribution in [0.15, 0.2) is 40.9 Å². The van der Waals surface area contributed by atoms with Crippen molar-refractivity contribution in [2.75, 3.05) is 7.11 Å². The number of halogens is 2. The highest BCUT2D eigenvalue weighted by atomic mass is 79.9. The first-order chi connectivity index (χ1) is 9.63. The summed E-state index contributed by atoms with van der Waals surface area (Å²) >= 11 is 9.34. The number of methoxy groups -OCH3 is 1. The Morgan fingerprint density at radius 1 is 1.20 bits per heavy atom. The summed E-state index contributed by atoms with van der Waals surface area (Å²) in [7, 11) is 1.60. The molecule has 0 aliphatic rings. The van der Waals surface area contributed by atoms with Crippen LogP contribution in [0, 0.1) is 0 Å². The second-order valence-electron chi connectivity index (χ2n) is 4.05. The van der Waals surface area contributed by atoms with Gasteiger partial charge in [0.25, 0.3) is 0 Å². The minimum Gasteiger partial charge on any atom is -0.496 e. The van der Waals surface area contributed by atoms with Crippen LogP contribution in [0.2, 0.25) is 5.02 Å². The van der Waals surface area contributed by atoms with Crippen molar-refractivity contribution in [3.63, 3.8) is 0 Å². The molecule has 0 fully saturated rings. The molecule has 0 aromatic heterocycles. The van der Waals surface area contributed by atoms with Crippen molar-refractivity contribution in [3.8, 4) is 11.5 Å². The molecule has 2 rings (SSSR count). The monoisotopic (exact) mass is 354 g/mol. The number of carbonyl (C=O) groups excluding carboxylic acids is 1. The Bertz CT molecular complexity index is 629. The highest BCUT2D eigenvalue weighted by molar-refractivity contribution is 9.10. The van der Waals surface area contributed by atoms with Crippen LogP contribution >= 0.6 is 27.5 Å². The summed E-state index contributed by atoms with van der Waals surface area (Å²) in [6, 6.07) is 10.5. The molecule has 104 valence electrons. The van der Waals surface area contributed by atoms with Crippen molar-refractivity contribution in [2.24, 2.45) is 0 Å². The molecule has 2 aromatic rings. The lowest BCUT2D eigenvalue weighted by molar-refractivity contribution is 0.112. The molecule has 0 aliphatic heterocycles. The molecule has 3 nitrogen and oxygen atoms in total. The maximum absolute atomic E-state index is 10.7. The Morgan fingerprint density at radius 3 is 2.60 bits per heavy atom. The fourth-order valence-electron chi connectivity index (χ4n) is 1.72. The minimum absolute atomic E-state index is 0.322. The number of aldehydes is 1. The van der Waals surface area contributed by atoms with E-state index < -0.39 is 0 Å². The lowest BCUT2D eigenvalue weighted by Crippen LogP contribution is -1.99. The van der Waals surface area contributed by atoms with E-state index in [0.717, 1.165) is 22.1 Å². The highest BCUT2D eigenvalue weighted by Crippen LogP contribution is 2.28. The van der Waals surface area contributed by atoms with E-state index in [1.54, 1.807) is 43.5 Å². The standard InChI is InChI=1S/C15H12BrClO3/c1-19-14-5-3-12(17)7-11(14)9-20-15-4-2-10(8-18)6-13(15)16/h2-8H,9H2,1H3. The van der Waals surface area contributed by atoms with Crippen molar-refractivity contribution in [1.82, 2.24) is 0 Å². The van der Waals surface area contributed by atoms with Crippen LogP contribution in [0.1, 0.15) is 15.9 Å². The Balaban J connectivity index is 2.16. The summed E-state index contributed by atoms with van der Waals surface area (Å²) in [4.78, 5) is 10.7. The van der Waals surface area contributed by atoms with Crippen LogP contribution in [0.3, 0.4) is 0 Å². The number of hydrogen-bond acceptors (Lipinski definition) is 3. The van der Waals surface area contributed by atoms with Crippen molar-refractivity contribution in [2.45, 2.75) is 6.61 Å². The van der Waals surface area contributed by atoms with E-state index in [1.807, 2.05) is 0 Å². The van der Waals surface area contributed by atoms with Gasteiger partial charge in [-0.1, -0.05) is 11.6 Å². The second kappa shape index (κ2) is 6.77. The zero-order valence-electron chi connectivity index (χ0n) is 10.7. The molecule has 0 heterocycles. The smallest absolute Gasteiger partial charge is 0.150 e. The Hall–Kier alpha value is -1.52. The number of ether oxygens (including phenoxy) is 2. The fraction of sp³-hybridized carbons (Fsp3) is 0.133. The van der Waals surface area contributed by atoms with Crippen molar-refractivity contribution >= 4 is 33.8 Å². The predicted octanol–water partition coefficient (Wildman–Crippen LogP) is 4.50. The fourth-order valence-corrected chi connectivity index (χ4v) is 2.43. The molecule has 0 aliphatic carbocycles. The largest absolute Gasteiger partial charge is 0.496 e. The van der Waals surface area contributed by atoms with Gasteiger partial charge in [0.2, 0.25) is 0 Å². The molecule has 0 saturated heterocycles. The van der Waals surface area contributed by atoms with Gasteiger partial charge in [-0.15, -0.1) is 0 Å². The van der Waals surface area contributed by atoms with Gasteiger partial charge in [-0.05, 0) is 52.3 Å². The maximum atomic E-state index is 10.7. The Morgan fingerprint density at radius 2 is 1.95 bits per heavy atom. The number of hydrogen-bond donors (Lipinski definition) is 0. The first-order valence-corrected chi connectivity index (χ1v) is 7.01. The number of carbonyl (C=O) groups is 1. The first-order valence-electron chi connectivity index (χ1n) is 5.84. The van der Waals surface area contributed by atoms with E-state index in [-0.39, 0.29) is 0 Å². The van der Waals surface area contributed by atoms with Gasteiger partial charge in [0.15, 0.2) is 0 Å². The van der Waals surface area contributed by atoms with Gasteiger partial charge in [-0.3, -0.25) is 4.79 Å². The number of rotatable bonds is 5. The molecule has 0 unspecified atom stereocenters. The van der Waals surface area contributed by atoms with E-state index in [9.17, 15) is 4.79 Å². The van der Waals surface area contributed by atoms with Gasteiger partial charge in [0, 0.05) is 16.1 Å². The summed E-state index contributed by atoms with van der Waals surface area (Å²) in [6.07, 6.45) is 0.786. The van der Waals surface area contributed by atoms with Crippen LogP contribution in [0.5, 0.6) is 11.5 Å². The summed E-state index contributed by atoms with van der Waals surface area (Å²) in [5.74, 6) is 1.37. The molecule has 5 heteroatoms. The quantitative estimate of drug-likeness (QED) is 0.741. The van der Waals surface area contributed by atoms with E-state index in [4.69, 9.17) is 21.1 Å². The third kappa shape index (κ3) is 3.52. The maximum Gasteiger partial charge on any atom is 0.150 e. The van der Waals surface area contributed by atoms with Gasteiger partial charge in [0.1, 0.15) is 24.4 Å². The van der Waals surface area contributed by atoms with Crippen molar-refractivity contribution in [1.29, 1.82) is 0 Å². The van der Waals surface area contributed by atoms with E-state index >= 15 is 0 Å². The third-order valence-corrected chi connectivity index (χ3v) is 3.57. The van der Waals surface area contributed by atoms with E-state index in [0.29, 0.717) is 22.9 Å². The predicted molar refractivity (Wildman–Crippen MR) is 81.9 cm³/mol. The highest BCUT2D eigenvalue weighted by Gasteiger charge is 2.07. The first kappa shape index (κ1) is 14.9. The number of benzene rings is 2. The lowest BCUT2D eigenvalue weighted by Gasteiger charge is -2.12. The van der Waals surface area contributed by atoms with Crippen molar-refractivity contribution < 1.29 is 14.3 Å². The van der Waals surface area contributed by atoms with Crippen LogP contribution in [-0.4, -0.2) is 13.4 Å². The summed E-state index contributed by atoms with van der Waals surface area (Å²) in [6.45, 7) is 0.322. The van der Waals surface area contributed by atoms with Gasteiger partial charge in [-0.2, -0.15) is 0 Å². The van der Waals surface area contributed by atoms with Gasteiger partial charge >= 0.3 is 0 Å². The van der Waals surface area contributed by atoms with Crippen LogP contribution in [0.4, 0.5) is 0 Å². The van der Waals surface area contributed by atoms with Crippen molar-refractivity contribution in [3.05, 3.63) is 57.0 Å². The van der Waals surface area contributed by atoms with E-state index in [1.165, 1.54) is 0 Å². The van der Waals surface area contributed by atoms with Crippen LogP contribution in [0.25, 0.3) is 0 Å². The zero-order chi connectivity index (χ0) is 14.5. The molecule has 2 aromatic carbocycles.